The van der Waals surface area contributed by atoms with Crippen molar-refractivity contribution in [1.29, 1.82) is 0 Å². The molecule has 0 saturated carbocycles. The molecule has 1 aliphatic heterocycles. The predicted molar refractivity (Wildman–Crippen MR) is 81.4 cm³/mol. The standard InChI is InChI=1S/C15H19BrO5/c1-18-11-5-4-10(13(19-2)12(11)16)14(17)15(20-3)6-8-21-9-7-15/h4-5H,6-9H2,1-3H3. The maximum absolute atomic E-state index is 13.0. The molecule has 5 nitrogen and oxygen atoms in total. The molecule has 116 valence electrons. The van der Waals surface area contributed by atoms with Gasteiger partial charge in [0.1, 0.15) is 21.6 Å². The highest BCUT2D eigenvalue weighted by Crippen LogP contribution is 2.40. The number of carbonyl (C=O) groups is 1. The molecule has 0 atom stereocenters. The molecule has 0 spiro atoms. The van der Waals surface area contributed by atoms with Gasteiger partial charge in [0.05, 0.1) is 19.8 Å². The van der Waals surface area contributed by atoms with Crippen molar-refractivity contribution in [2.24, 2.45) is 0 Å². The summed E-state index contributed by atoms with van der Waals surface area (Å²) in [7, 11) is 4.66. The Kier molecular flexibility index (Phi) is 5.24. The third-order valence-corrected chi connectivity index (χ3v) is 4.59. The van der Waals surface area contributed by atoms with Crippen LogP contribution in [0, 0.1) is 0 Å². The highest BCUT2D eigenvalue weighted by atomic mass is 79.9. The zero-order valence-corrected chi connectivity index (χ0v) is 14.0. The van der Waals surface area contributed by atoms with E-state index in [-0.39, 0.29) is 5.78 Å². The van der Waals surface area contributed by atoms with Crippen LogP contribution >= 0.6 is 15.9 Å². The Morgan fingerprint density at radius 1 is 1.19 bits per heavy atom. The number of hydrogen-bond acceptors (Lipinski definition) is 5. The molecule has 1 aromatic rings. The van der Waals surface area contributed by atoms with Crippen molar-refractivity contribution >= 4 is 21.7 Å². The normalized spacial score (nSPS) is 17.3. The first-order valence-electron chi connectivity index (χ1n) is 6.68. The van der Waals surface area contributed by atoms with Crippen LogP contribution in [0.2, 0.25) is 0 Å². The molecule has 0 unspecified atom stereocenters. The number of hydrogen-bond donors (Lipinski definition) is 0. The Morgan fingerprint density at radius 3 is 2.38 bits per heavy atom. The zero-order chi connectivity index (χ0) is 15.5. The van der Waals surface area contributed by atoms with Crippen LogP contribution in [0.3, 0.4) is 0 Å². The maximum Gasteiger partial charge on any atom is 0.198 e. The number of methoxy groups -OCH3 is 3. The lowest BCUT2D eigenvalue weighted by Gasteiger charge is -2.34. The molecular formula is C15H19BrO5. The van der Waals surface area contributed by atoms with E-state index in [0.29, 0.717) is 47.6 Å². The Morgan fingerprint density at radius 2 is 1.86 bits per heavy atom. The summed E-state index contributed by atoms with van der Waals surface area (Å²) >= 11 is 3.42. The number of ketones is 1. The van der Waals surface area contributed by atoms with Gasteiger partial charge in [0.2, 0.25) is 0 Å². The lowest BCUT2D eigenvalue weighted by molar-refractivity contribution is -0.0664. The fourth-order valence-corrected chi connectivity index (χ4v) is 3.21. The van der Waals surface area contributed by atoms with E-state index >= 15 is 0 Å². The highest BCUT2D eigenvalue weighted by Gasteiger charge is 2.42. The van der Waals surface area contributed by atoms with Crippen LogP contribution in [0.5, 0.6) is 11.5 Å². The molecule has 6 heteroatoms. The average Bonchev–Trinajstić information content (AvgIpc) is 2.54. The molecule has 1 aliphatic rings. The second kappa shape index (κ2) is 6.77. The van der Waals surface area contributed by atoms with E-state index in [1.54, 1.807) is 26.4 Å². The Balaban J connectivity index is 2.45. The van der Waals surface area contributed by atoms with Gasteiger partial charge in [0.15, 0.2) is 5.78 Å². The first-order chi connectivity index (χ1) is 10.1. The van der Waals surface area contributed by atoms with Crippen molar-refractivity contribution in [2.75, 3.05) is 34.5 Å². The van der Waals surface area contributed by atoms with Crippen LogP contribution in [0.4, 0.5) is 0 Å². The second-order valence-electron chi connectivity index (χ2n) is 4.80. The van der Waals surface area contributed by atoms with Gasteiger partial charge in [-0.1, -0.05) is 0 Å². The van der Waals surface area contributed by atoms with Gasteiger partial charge in [0.25, 0.3) is 0 Å². The van der Waals surface area contributed by atoms with Crippen LogP contribution in [-0.4, -0.2) is 45.9 Å². The number of Topliss-reactive ketones (excluding diaryl/α,β-unsaturated/α-hetero) is 1. The van der Waals surface area contributed by atoms with Gasteiger partial charge in [-0.05, 0) is 28.1 Å². The Bertz CT molecular complexity index is 523. The molecule has 1 fully saturated rings. The van der Waals surface area contributed by atoms with E-state index < -0.39 is 5.60 Å². The first-order valence-corrected chi connectivity index (χ1v) is 7.47. The second-order valence-corrected chi connectivity index (χ2v) is 5.60. The van der Waals surface area contributed by atoms with Crippen LogP contribution < -0.4 is 9.47 Å². The molecule has 1 aromatic carbocycles. The molecule has 0 aromatic heterocycles. The summed E-state index contributed by atoms with van der Waals surface area (Å²) in [4.78, 5) is 13.0. The van der Waals surface area contributed by atoms with Gasteiger partial charge in [-0.2, -0.15) is 0 Å². The minimum atomic E-state index is -0.848. The van der Waals surface area contributed by atoms with E-state index in [9.17, 15) is 4.79 Å². The third kappa shape index (κ3) is 2.93. The fraction of sp³-hybridized carbons (Fsp3) is 0.533. The van der Waals surface area contributed by atoms with E-state index in [0.717, 1.165) is 0 Å². The van der Waals surface area contributed by atoms with Crippen LogP contribution in [-0.2, 0) is 9.47 Å². The summed E-state index contributed by atoms with van der Waals surface area (Å²) in [5.74, 6) is 0.984. The monoisotopic (exact) mass is 358 g/mol. The topological polar surface area (TPSA) is 54.0 Å². The molecule has 0 bridgehead atoms. The summed E-state index contributed by atoms with van der Waals surface area (Å²) < 4.78 is 22.1. The van der Waals surface area contributed by atoms with E-state index in [4.69, 9.17) is 18.9 Å². The van der Waals surface area contributed by atoms with Gasteiger partial charge >= 0.3 is 0 Å². The number of rotatable bonds is 5. The minimum Gasteiger partial charge on any atom is -0.495 e. The molecular weight excluding hydrogens is 340 g/mol. The minimum absolute atomic E-state index is 0.0893. The summed E-state index contributed by atoms with van der Waals surface area (Å²) in [5.41, 5.74) is -0.367. The SMILES string of the molecule is COc1ccc(C(=O)C2(OC)CCOCC2)c(OC)c1Br. The van der Waals surface area contributed by atoms with Crippen molar-refractivity contribution < 1.29 is 23.7 Å². The van der Waals surface area contributed by atoms with Gasteiger partial charge in [0, 0.05) is 33.2 Å². The average molecular weight is 359 g/mol. The summed E-state index contributed by atoms with van der Waals surface area (Å²) in [6, 6.07) is 3.45. The van der Waals surface area contributed by atoms with Crippen molar-refractivity contribution in [1.82, 2.24) is 0 Å². The molecule has 1 saturated heterocycles. The first kappa shape index (κ1) is 16.3. The smallest absolute Gasteiger partial charge is 0.198 e. The fourth-order valence-electron chi connectivity index (χ4n) is 2.54. The Labute approximate surface area is 132 Å². The van der Waals surface area contributed by atoms with Crippen molar-refractivity contribution in [2.45, 2.75) is 18.4 Å². The maximum atomic E-state index is 13.0. The van der Waals surface area contributed by atoms with E-state index in [2.05, 4.69) is 15.9 Å². The van der Waals surface area contributed by atoms with Crippen molar-refractivity contribution in [3.05, 3.63) is 22.2 Å². The highest BCUT2D eigenvalue weighted by molar-refractivity contribution is 9.10. The molecule has 21 heavy (non-hydrogen) atoms. The lowest BCUT2D eigenvalue weighted by Crippen LogP contribution is -2.45. The molecule has 0 radical (unpaired) electrons. The predicted octanol–water partition coefficient (Wildman–Crippen LogP) is 2.84. The molecule has 1 heterocycles. The quantitative estimate of drug-likeness (QED) is 0.757. The largest absolute Gasteiger partial charge is 0.495 e. The van der Waals surface area contributed by atoms with Crippen LogP contribution in [0.1, 0.15) is 23.2 Å². The number of halogens is 1. The van der Waals surface area contributed by atoms with E-state index in [1.807, 2.05) is 0 Å². The van der Waals surface area contributed by atoms with E-state index in [1.165, 1.54) is 7.11 Å². The lowest BCUT2D eigenvalue weighted by atomic mass is 9.85. The number of carbonyl (C=O) groups excluding carboxylic acids is 1. The number of benzene rings is 1. The van der Waals surface area contributed by atoms with Gasteiger partial charge < -0.3 is 18.9 Å². The molecule has 2 rings (SSSR count). The molecule has 0 aliphatic carbocycles. The van der Waals surface area contributed by atoms with Crippen LogP contribution in [0.25, 0.3) is 0 Å². The van der Waals surface area contributed by atoms with Crippen molar-refractivity contribution in [3.8, 4) is 11.5 Å². The Hall–Kier alpha value is -1.11. The third-order valence-electron chi connectivity index (χ3n) is 3.84. The molecule has 0 amide bonds. The zero-order valence-electron chi connectivity index (χ0n) is 12.4. The van der Waals surface area contributed by atoms with Crippen molar-refractivity contribution in [3.63, 3.8) is 0 Å². The summed E-state index contributed by atoms with van der Waals surface area (Å²) in [5, 5.41) is 0. The van der Waals surface area contributed by atoms with Crippen LogP contribution in [0.15, 0.2) is 16.6 Å². The van der Waals surface area contributed by atoms with Gasteiger partial charge in [-0.3, -0.25) is 4.79 Å². The van der Waals surface area contributed by atoms with Gasteiger partial charge in [-0.25, -0.2) is 0 Å². The summed E-state index contributed by atoms with van der Waals surface area (Å²) in [6.45, 7) is 1.03. The van der Waals surface area contributed by atoms with Gasteiger partial charge in [-0.15, -0.1) is 0 Å². The summed E-state index contributed by atoms with van der Waals surface area (Å²) in [6.07, 6.45) is 1.07. The number of ether oxygens (including phenoxy) is 4. The molecule has 0 N–H and O–H groups in total.